The van der Waals surface area contributed by atoms with Crippen LogP contribution in [0.15, 0.2) is 42.0 Å². The highest BCUT2D eigenvalue weighted by molar-refractivity contribution is 5.19. The van der Waals surface area contributed by atoms with E-state index in [0.717, 1.165) is 5.56 Å². The van der Waals surface area contributed by atoms with Crippen molar-refractivity contribution in [2.75, 3.05) is 6.61 Å². The summed E-state index contributed by atoms with van der Waals surface area (Å²) in [6.07, 6.45) is 2.14. The summed E-state index contributed by atoms with van der Waals surface area (Å²) in [7, 11) is 0. The molecule has 0 radical (unpaired) electrons. The Bertz CT molecular complexity index is 428. The normalized spacial score (nSPS) is 23.9. The molecule has 0 bridgehead atoms. The van der Waals surface area contributed by atoms with E-state index in [4.69, 9.17) is 4.74 Å². The molecule has 2 rings (SSSR count). The van der Waals surface area contributed by atoms with Crippen molar-refractivity contribution >= 4 is 0 Å². The number of hydrogen-bond acceptors (Lipinski definition) is 3. The first-order chi connectivity index (χ1) is 9.09. The third-order valence-corrected chi connectivity index (χ3v) is 3.65. The Labute approximate surface area is 115 Å². The molecule has 1 aromatic carbocycles. The maximum absolute atomic E-state index is 10.2. The van der Waals surface area contributed by atoms with Gasteiger partial charge in [0.2, 0.25) is 0 Å². The quantitative estimate of drug-likeness (QED) is 0.826. The summed E-state index contributed by atoms with van der Waals surface area (Å²) in [5.74, 6) is 0.402. The zero-order chi connectivity index (χ0) is 13.8. The molecule has 1 N–H and O–H groups in total. The van der Waals surface area contributed by atoms with Gasteiger partial charge in [-0.1, -0.05) is 55.8 Å². The smallest absolute Gasteiger partial charge is 0.0798 e. The number of rotatable bonds is 5. The Morgan fingerprint density at radius 2 is 1.95 bits per heavy atom. The third kappa shape index (κ3) is 3.44. The second-order valence-corrected chi connectivity index (χ2v) is 5.54. The summed E-state index contributed by atoms with van der Waals surface area (Å²) < 4.78 is 5.73. The van der Waals surface area contributed by atoms with Crippen LogP contribution in [0.4, 0.5) is 0 Å². The summed E-state index contributed by atoms with van der Waals surface area (Å²) in [6, 6.07) is 10.2. The standard InChI is InChI=1S/C16H23NO2/c1-12(2)15-9-13(3)16(17(15)18)11-19-10-14-7-5-4-6-8-14/h4-9,12,15-16,18H,10-11H2,1-3H3/t15-,16-/m0/s1. The Hall–Kier alpha value is -1.16. The lowest BCUT2D eigenvalue weighted by atomic mass is 10.1. The second kappa shape index (κ2) is 6.33. The first kappa shape index (κ1) is 14.3. The minimum Gasteiger partial charge on any atom is -0.375 e. The van der Waals surface area contributed by atoms with Crippen LogP contribution in [0.3, 0.4) is 0 Å². The Balaban J connectivity index is 1.85. The first-order valence-electron chi connectivity index (χ1n) is 6.86. The van der Waals surface area contributed by atoms with Crippen LogP contribution < -0.4 is 0 Å². The van der Waals surface area contributed by atoms with E-state index in [0.29, 0.717) is 19.1 Å². The number of hydrogen-bond donors (Lipinski definition) is 1. The van der Waals surface area contributed by atoms with Crippen LogP contribution in [0.1, 0.15) is 26.3 Å². The number of benzene rings is 1. The van der Waals surface area contributed by atoms with Crippen molar-refractivity contribution < 1.29 is 9.94 Å². The molecule has 0 aromatic heterocycles. The van der Waals surface area contributed by atoms with Crippen molar-refractivity contribution in [3.8, 4) is 0 Å². The maximum Gasteiger partial charge on any atom is 0.0798 e. The third-order valence-electron chi connectivity index (χ3n) is 3.65. The molecule has 1 aromatic rings. The van der Waals surface area contributed by atoms with Crippen LogP contribution in [0.5, 0.6) is 0 Å². The highest BCUT2D eigenvalue weighted by Crippen LogP contribution is 2.26. The summed E-state index contributed by atoms with van der Waals surface area (Å²) in [5.41, 5.74) is 2.35. The lowest BCUT2D eigenvalue weighted by Crippen LogP contribution is -2.40. The average Bonchev–Trinajstić information content (AvgIpc) is 2.68. The zero-order valence-corrected chi connectivity index (χ0v) is 11.9. The lowest BCUT2D eigenvalue weighted by molar-refractivity contribution is -0.151. The second-order valence-electron chi connectivity index (χ2n) is 5.54. The van der Waals surface area contributed by atoms with Crippen molar-refractivity contribution in [3.05, 3.63) is 47.5 Å². The molecule has 104 valence electrons. The van der Waals surface area contributed by atoms with Crippen molar-refractivity contribution in [1.82, 2.24) is 5.06 Å². The molecular weight excluding hydrogens is 238 g/mol. The summed E-state index contributed by atoms with van der Waals surface area (Å²) in [4.78, 5) is 0. The highest BCUT2D eigenvalue weighted by Gasteiger charge is 2.33. The van der Waals surface area contributed by atoms with Crippen molar-refractivity contribution in [1.29, 1.82) is 0 Å². The molecule has 0 saturated heterocycles. The molecule has 0 aliphatic carbocycles. The highest BCUT2D eigenvalue weighted by atomic mass is 16.5. The van der Waals surface area contributed by atoms with Crippen LogP contribution in [0, 0.1) is 5.92 Å². The molecule has 19 heavy (non-hydrogen) atoms. The van der Waals surface area contributed by atoms with Crippen LogP contribution in [-0.4, -0.2) is 29.0 Å². The van der Waals surface area contributed by atoms with Crippen molar-refractivity contribution in [3.63, 3.8) is 0 Å². The molecule has 0 spiro atoms. The topological polar surface area (TPSA) is 32.7 Å². The number of nitrogens with zero attached hydrogens (tertiary/aromatic N) is 1. The Morgan fingerprint density at radius 3 is 2.53 bits per heavy atom. The monoisotopic (exact) mass is 261 g/mol. The molecule has 1 aliphatic heterocycles. The maximum atomic E-state index is 10.2. The van der Waals surface area contributed by atoms with Gasteiger partial charge in [0.05, 0.1) is 25.3 Å². The lowest BCUT2D eigenvalue weighted by Gasteiger charge is -2.27. The van der Waals surface area contributed by atoms with E-state index in [-0.39, 0.29) is 12.1 Å². The molecule has 3 heteroatoms. The van der Waals surface area contributed by atoms with Gasteiger partial charge in [-0.25, -0.2) is 0 Å². The Morgan fingerprint density at radius 1 is 1.26 bits per heavy atom. The molecule has 0 fully saturated rings. The van der Waals surface area contributed by atoms with Gasteiger partial charge < -0.3 is 9.94 Å². The van der Waals surface area contributed by atoms with Gasteiger partial charge in [-0.3, -0.25) is 0 Å². The average molecular weight is 261 g/mol. The first-order valence-corrected chi connectivity index (χ1v) is 6.86. The van der Waals surface area contributed by atoms with Gasteiger partial charge >= 0.3 is 0 Å². The molecule has 1 aliphatic rings. The van der Waals surface area contributed by atoms with Crippen LogP contribution >= 0.6 is 0 Å². The molecule has 0 saturated carbocycles. The fourth-order valence-corrected chi connectivity index (χ4v) is 2.44. The molecule has 0 unspecified atom stereocenters. The zero-order valence-electron chi connectivity index (χ0n) is 11.9. The minimum absolute atomic E-state index is 0.0175. The van der Waals surface area contributed by atoms with Gasteiger partial charge in [0.25, 0.3) is 0 Å². The molecule has 2 atom stereocenters. The van der Waals surface area contributed by atoms with Gasteiger partial charge in [0.1, 0.15) is 0 Å². The van der Waals surface area contributed by atoms with E-state index in [1.54, 1.807) is 0 Å². The van der Waals surface area contributed by atoms with Gasteiger partial charge in [-0.15, -0.1) is 0 Å². The van der Waals surface area contributed by atoms with Crippen LogP contribution in [-0.2, 0) is 11.3 Å². The summed E-state index contributed by atoms with van der Waals surface area (Å²) >= 11 is 0. The van der Waals surface area contributed by atoms with E-state index < -0.39 is 0 Å². The van der Waals surface area contributed by atoms with Gasteiger partial charge in [0, 0.05) is 0 Å². The minimum atomic E-state index is -0.0175. The van der Waals surface area contributed by atoms with E-state index in [1.165, 1.54) is 10.6 Å². The summed E-state index contributed by atoms with van der Waals surface area (Å²) in [5, 5.41) is 11.6. The summed E-state index contributed by atoms with van der Waals surface area (Å²) in [6.45, 7) is 7.40. The van der Waals surface area contributed by atoms with Gasteiger partial charge in [-0.2, -0.15) is 5.06 Å². The predicted molar refractivity (Wildman–Crippen MR) is 75.9 cm³/mol. The van der Waals surface area contributed by atoms with E-state index in [1.807, 2.05) is 30.3 Å². The predicted octanol–water partition coefficient (Wildman–Crippen LogP) is 3.25. The van der Waals surface area contributed by atoms with Crippen molar-refractivity contribution in [2.24, 2.45) is 5.92 Å². The van der Waals surface area contributed by atoms with Crippen LogP contribution in [0.25, 0.3) is 0 Å². The van der Waals surface area contributed by atoms with Crippen molar-refractivity contribution in [2.45, 2.75) is 39.5 Å². The van der Waals surface area contributed by atoms with E-state index in [2.05, 4.69) is 26.8 Å². The molecule has 3 nitrogen and oxygen atoms in total. The fourth-order valence-electron chi connectivity index (χ4n) is 2.44. The van der Waals surface area contributed by atoms with E-state index in [9.17, 15) is 5.21 Å². The molecule has 1 heterocycles. The van der Waals surface area contributed by atoms with Gasteiger partial charge in [0.15, 0.2) is 0 Å². The SMILES string of the molecule is CC1=C[C@@H](C(C)C)N(O)[C@H]1COCc1ccccc1. The Kier molecular flexibility index (Phi) is 4.75. The molecule has 0 amide bonds. The molecular formula is C16H23NO2. The van der Waals surface area contributed by atoms with Crippen LogP contribution in [0.2, 0.25) is 0 Å². The van der Waals surface area contributed by atoms with Gasteiger partial charge in [-0.05, 0) is 18.4 Å². The van der Waals surface area contributed by atoms with E-state index >= 15 is 0 Å². The largest absolute Gasteiger partial charge is 0.375 e. The number of hydroxylamine groups is 2. The number of ether oxygens (including phenoxy) is 1. The fraction of sp³-hybridized carbons (Fsp3) is 0.500.